The van der Waals surface area contributed by atoms with Crippen LogP contribution < -0.4 is 21.7 Å². The van der Waals surface area contributed by atoms with Crippen LogP contribution in [-0.4, -0.2) is 51.1 Å². The standard InChI is InChI=1S/C21H23N5O3.C11H14N2O/c1-4-29-21(28)16-10-26-18(13(16)3)19(22-11-23-26)25-17-9-14(6-5-12(17)2)20(27)24-15-7-8-15;1-7-2-3-8(6-10(7)12)11(14)13-9-4-5-9/h5-6,9-11,15H,4,7-8H2,1-3H3,(H,24,27)(H,22,23,25);2-3,6,9H,4-5,12H2,1H3,(H,13,14). The molecule has 0 aliphatic heterocycles. The number of amides is 2. The minimum Gasteiger partial charge on any atom is -0.462 e. The number of rotatable bonds is 8. The normalized spacial score (nSPS) is 14.0. The van der Waals surface area contributed by atoms with E-state index in [2.05, 4.69) is 26.0 Å². The van der Waals surface area contributed by atoms with Gasteiger partial charge in [0.05, 0.1) is 12.2 Å². The number of fused-ring (bicyclic) bond motifs is 1. The number of hydrogen-bond donors (Lipinski definition) is 4. The van der Waals surface area contributed by atoms with Crippen molar-refractivity contribution in [1.29, 1.82) is 0 Å². The predicted octanol–water partition coefficient (Wildman–Crippen LogP) is 4.63. The van der Waals surface area contributed by atoms with E-state index < -0.39 is 5.97 Å². The maximum Gasteiger partial charge on any atom is 0.340 e. The molecule has 6 rings (SSSR count). The maximum absolute atomic E-state index is 12.4. The number of esters is 1. The van der Waals surface area contributed by atoms with Crippen molar-refractivity contribution in [3.8, 4) is 0 Å². The minimum absolute atomic E-state index is 0.0146. The van der Waals surface area contributed by atoms with Crippen LogP contribution in [0.2, 0.25) is 0 Å². The zero-order valence-electron chi connectivity index (χ0n) is 24.9. The highest BCUT2D eigenvalue weighted by molar-refractivity contribution is 5.97. The Bertz CT molecular complexity index is 1690. The summed E-state index contributed by atoms with van der Waals surface area (Å²) in [6.07, 6.45) is 7.35. The first-order chi connectivity index (χ1) is 20.6. The summed E-state index contributed by atoms with van der Waals surface area (Å²) in [4.78, 5) is 40.6. The highest BCUT2D eigenvalue weighted by Gasteiger charge is 2.25. The van der Waals surface area contributed by atoms with Crippen molar-refractivity contribution in [2.45, 2.75) is 65.5 Å². The quantitative estimate of drug-likeness (QED) is 0.173. The molecule has 2 heterocycles. The summed E-state index contributed by atoms with van der Waals surface area (Å²) in [5.41, 5.74) is 12.3. The van der Waals surface area contributed by atoms with Crippen LogP contribution in [0.5, 0.6) is 0 Å². The molecule has 0 radical (unpaired) electrons. The number of anilines is 3. The van der Waals surface area contributed by atoms with Crippen molar-refractivity contribution in [3.63, 3.8) is 0 Å². The number of ether oxygens (including phenoxy) is 1. The second-order valence-electron chi connectivity index (χ2n) is 11.0. The minimum atomic E-state index is -0.392. The maximum atomic E-state index is 12.4. The van der Waals surface area contributed by atoms with E-state index in [0.717, 1.165) is 48.1 Å². The Morgan fingerprint density at radius 2 is 1.53 bits per heavy atom. The Morgan fingerprint density at radius 3 is 2.12 bits per heavy atom. The molecule has 2 aliphatic rings. The Balaban J connectivity index is 0.000000220. The summed E-state index contributed by atoms with van der Waals surface area (Å²) >= 11 is 0. The lowest BCUT2D eigenvalue weighted by molar-refractivity contribution is 0.0525. The molecule has 0 unspecified atom stereocenters. The second-order valence-corrected chi connectivity index (χ2v) is 11.0. The van der Waals surface area contributed by atoms with Crippen molar-refractivity contribution in [2.75, 3.05) is 17.7 Å². The number of aryl methyl sites for hydroxylation is 3. The molecule has 0 bridgehead atoms. The highest BCUT2D eigenvalue weighted by Crippen LogP contribution is 2.28. The number of nitrogens with two attached hydrogens (primary N) is 1. The molecule has 0 atom stereocenters. The fourth-order valence-corrected chi connectivity index (χ4v) is 4.47. The molecule has 43 heavy (non-hydrogen) atoms. The Kier molecular flexibility index (Phi) is 8.61. The van der Waals surface area contributed by atoms with Gasteiger partial charge >= 0.3 is 5.97 Å². The highest BCUT2D eigenvalue weighted by atomic mass is 16.5. The van der Waals surface area contributed by atoms with Crippen molar-refractivity contribution >= 4 is 40.5 Å². The predicted molar refractivity (Wildman–Crippen MR) is 165 cm³/mol. The largest absolute Gasteiger partial charge is 0.462 e. The van der Waals surface area contributed by atoms with Crippen LogP contribution in [0, 0.1) is 20.8 Å². The van der Waals surface area contributed by atoms with Gasteiger partial charge < -0.3 is 26.4 Å². The molecule has 0 saturated heterocycles. The van der Waals surface area contributed by atoms with Gasteiger partial charge in [-0.25, -0.2) is 14.3 Å². The third kappa shape index (κ3) is 7.11. The van der Waals surface area contributed by atoms with Crippen LogP contribution >= 0.6 is 0 Å². The average molecular weight is 584 g/mol. The molecular weight excluding hydrogens is 546 g/mol. The average Bonchev–Trinajstić information content (AvgIpc) is 3.92. The van der Waals surface area contributed by atoms with E-state index in [9.17, 15) is 14.4 Å². The molecule has 2 aromatic carbocycles. The summed E-state index contributed by atoms with van der Waals surface area (Å²) in [5.74, 6) is 0.0679. The first kappa shape index (κ1) is 29.6. The Hall–Kier alpha value is -4.93. The van der Waals surface area contributed by atoms with E-state index in [1.165, 1.54) is 6.33 Å². The van der Waals surface area contributed by atoms with Crippen molar-refractivity contribution in [1.82, 2.24) is 25.2 Å². The molecule has 5 N–H and O–H groups in total. The van der Waals surface area contributed by atoms with E-state index >= 15 is 0 Å². The molecular formula is C32H37N7O4. The van der Waals surface area contributed by atoms with Gasteiger partial charge in [-0.2, -0.15) is 5.10 Å². The molecule has 2 saturated carbocycles. The molecule has 2 fully saturated rings. The summed E-state index contributed by atoms with van der Waals surface area (Å²) in [5, 5.41) is 13.4. The SMILES string of the molecule is CCOC(=O)c1cn2ncnc(Nc3cc(C(=O)NC4CC4)ccc3C)c2c1C.Cc1ccc(C(=O)NC2CC2)cc1N. The monoisotopic (exact) mass is 583 g/mol. The molecule has 0 spiro atoms. The van der Waals surface area contributed by atoms with Gasteiger partial charge in [0.15, 0.2) is 5.82 Å². The van der Waals surface area contributed by atoms with Gasteiger partial charge in [-0.1, -0.05) is 12.1 Å². The Morgan fingerprint density at radius 1 is 0.930 bits per heavy atom. The van der Waals surface area contributed by atoms with Gasteiger partial charge in [-0.05, 0) is 94.3 Å². The van der Waals surface area contributed by atoms with Crippen LogP contribution in [0.3, 0.4) is 0 Å². The van der Waals surface area contributed by atoms with E-state index in [1.807, 2.05) is 51.1 Å². The molecule has 2 amide bonds. The molecule has 11 heteroatoms. The number of nitrogens with one attached hydrogen (secondary N) is 3. The fourth-order valence-electron chi connectivity index (χ4n) is 4.47. The zero-order chi connectivity index (χ0) is 30.7. The van der Waals surface area contributed by atoms with E-state index in [-0.39, 0.29) is 11.8 Å². The van der Waals surface area contributed by atoms with Crippen LogP contribution in [0.1, 0.15) is 80.4 Å². The van der Waals surface area contributed by atoms with Gasteiger partial charge in [0.1, 0.15) is 11.8 Å². The number of hydrogen-bond acceptors (Lipinski definition) is 8. The van der Waals surface area contributed by atoms with E-state index in [1.54, 1.807) is 23.7 Å². The first-order valence-corrected chi connectivity index (χ1v) is 14.5. The topological polar surface area (TPSA) is 153 Å². The number of aromatic nitrogens is 3. The van der Waals surface area contributed by atoms with Crippen molar-refractivity contribution in [3.05, 3.63) is 82.3 Å². The third-order valence-electron chi connectivity index (χ3n) is 7.44. The van der Waals surface area contributed by atoms with Gasteiger partial charge in [-0.3, -0.25) is 9.59 Å². The fraction of sp³-hybridized carbons (Fsp3) is 0.344. The van der Waals surface area contributed by atoms with Crippen LogP contribution in [-0.2, 0) is 4.74 Å². The van der Waals surface area contributed by atoms with Crippen LogP contribution in [0.15, 0.2) is 48.9 Å². The van der Waals surface area contributed by atoms with E-state index in [4.69, 9.17) is 10.5 Å². The molecule has 4 aromatic rings. The van der Waals surface area contributed by atoms with Gasteiger partial charge in [0.25, 0.3) is 11.8 Å². The Labute approximate surface area is 250 Å². The summed E-state index contributed by atoms with van der Waals surface area (Å²) in [6, 6.07) is 11.6. The van der Waals surface area contributed by atoms with E-state index in [0.29, 0.717) is 52.4 Å². The zero-order valence-corrected chi connectivity index (χ0v) is 24.9. The smallest absolute Gasteiger partial charge is 0.340 e. The lowest BCUT2D eigenvalue weighted by Gasteiger charge is -2.12. The number of benzene rings is 2. The van der Waals surface area contributed by atoms with Gasteiger partial charge in [0, 0.05) is 40.8 Å². The molecule has 224 valence electrons. The molecule has 2 aliphatic carbocycles. The number of nitrogens with zero attached hydrogens (tertiary/aromatic N) is 3. The van der Waals surface area contributed by atoms with Gasteiger partial charge in [0.2, 0.25) is 0 Å². The van der Waals surface area contributed by atoms with Crippen molar-refractivity contribution in [2.24, 2.45) is 0 Å². The summed E-state index contributed by atoms with van der Waals surface area (Å²) < 4.78 is 6.74. The second kappa shape index (κ2) is 12.5. The summed E-state index contributed by atoms with van der Waals surface area (Å²) in [6.45, 7) is 7.79. The third-order valence-corrected chi connectivity index (χ3v) is 7.44. The van der Waals surface area contributed by atoms with Crippen LogP contribution in [0.4, 0.5) is 17.2 Å². The number of nitrogen functional groups attached to an aromatic ring is 1. The molecule has 2 aromatic heterocycles. The van der Waals surface area contributed by atoms with Crippen molar-refractivity contribution < 1.29 is 19.1 Å². The molecule has 11 nitrogen and oxygen atoms in total. The number of carbonyl (C=O) groups is 3. The lowest BCUT2D eigenvalue weighted by Crippen LogP contribution is -2.25. The van der Waals surface area contributed by atoms with Gasteiger partial charge in [-0.15, -0.1) is 0 Å². The summed E-state index contributed by atoms with van der Waals surface area (Å²) in [7, 11) is 0. The van der Waals surface area contributed by atoms with Crippen LogP contribution in [0.25, 0.3) is 5.52 Å². The first-order valence-electron chi connectivity index (χ1n) is 14.5. The number of carbonyl (C=O) groups excluding carboxylic acids is 3. The lowest BCUT2D eigenvalue weighted by atomic mass is 10.1.